The molecular formula is C17H24N2O2. The van der Waals surface area contributed by atoms with Crippen LogP contribution in [0, 0.1) is 5.92 Å². The second-order valence-corrected chi connectivity index (χ2v) is 6.35. The lowest BCUT2D eigenvalue weighted by molar-refractivity contribution is -0.121. The summed E-state index contributed by atoms with van der Waals surface area (Å²) in [7, 11) is 0. The van der Waals surface area contributed by atoms with Crippen LogP contribution in [0.1, 0.15) is 32.3 Å². The molecule has 0 aliphatic carbocycles. The molecule has 0 bridgehead atoms. The SMILES string of the molecule is CC(C)N1C(=O)COc2ccc(CC3CCNCC3)cc21. The third-order valence-corrected chi connectivity index (χ3v) is 4.40. The number of carbonyl (C=O) groups is 1. The number of carbonyl (C=O) groups excluding carboxylic acids is 1. The Balaban J connectivity index is 1.83. The highest BCUT2D eigenvalue weighted by atomic mass is 16.5. The van der Waals surface area contributed by atoms with Gasteiger partial charge in [0.2, 0.25) is 0 Å². The van der Waals surface area contributed by atoms with E-state index in [0.717, 1.165) is 36.9 Å². The predicted octanol–water partition coefficient (Wildman–Crippen LogP) is 2.36. The van der Waals surface area contributed by atoms with Gasteiger partial charge < -0.3 is 15.0 Å². The Hall–Kier alpha value is -1.55. The summed E-state index contributed by atoms with van der Waals surface area (Å²) in [5.41, 5.74) is 2.25. The molecule has 1 saturated heterocycles. The first kappa shape index (κ1) is 14.4. The molecule has 4 heteroatoms. The van der Waals surface area contributed by atoms with Gasteiger partial charge in [-0.25, -0.2) is 0 Å². The first-order valence-electron chi connectivity index (χ1n) is 7.93. The Morgan fingerprint density at radius 1 is 1.33 bits per heavy atom. The van der Waals surface area contributed by atoms with E-state index in [2.05, 4.69) is 17.4 Å². The largest absolute Gasteiger partial charge is 0.482 e. The number of hydrogen-bond donors (Lipinski definition) is 1. The van der Waals surface area contributed by atoms with Crippen molar-refractivity contribution in [3.63, 3.8) is 0 Å². The van der Waals surface area contributed by atoms with Crippen molar-refractivity contribution in [3.05, 3.63) is 23.8 Å². The second kappa shape index (κ2) is 6.06. The highest BCUT2D eigenvalue weighted by Gasteiger charge is 2.28. The fourth-order valence-corrected chi connectivity index (χ4v) is 3.33. The molecule has 0 unspecified atom stereocenters. The summed E-state index contributed by atoms with van der Waals surface area (Å²) < 4.78 is 5.56. The first-order valence-corrected chi connectivity index (χ1v) is 7.93. The Kier molecular flexibility index (Phi) is 4.15. The normalized spacial score (nSPS) is 19.6. The third kappa shape index (κ3) is 3.05. The smallest absolute Gasteiger partial charge is 0.265 e. The van der Waals surface area contributed by atoms with Crippen LogP contribution < -0.4 is 15.0 Å². The number of ether oxygens (including phenoxy) is 1. The van der Waals surface area contributed by atoms with Gasteiger partial charge in [0.1, 0.15) is 5.75 Å². The molecule has 0 spiro atoms. The molecule has 1 aromatic rings. The monoisotopic (exact) mass is 288 g/mol. The lowest BCUT2D eigenvalue weighted by Gasteiger charge is -2.33. The van der Waals surface area contributed by atoms with Crippen LogP contribution in [-0.2, 0) is 11.2 Å². The van der Waals surface area contributed by atoms with Crippen LogP contribution in [0.2, 0.25) is 0 Å². The molecule has 2 aliphatic heterocycles. The number of nitrogens with one attached hydrogen (secondary N) is 1. The molecule has 2 aliphatic rings. The fourth-order valence-electron chi connectivity index (χ4n) is 3.33. The van der Waals surface area contributed by atoms with Gasteiger partial charge in [-0.05, 0) is 69.8 Å². The van der Waals surface area contributed by atoms with Crippen LogP contribution in [0.4, 0.5) is 5.69 Å². The molecule has 4 nitrogen and oxygen atoms in total. The second-order valence-electron chi connectivity index (χ2n) is 6.35. The number of fused-ring (bicyclic) bond motifs is 1. The third-order valence-electron chi connectivity index (χ3n) is 4.40. The Labute approximate surface area is 126 Å². The quantitative estimate of drug-likeness (QED) is 0.928. The number of hydrogen-bond acceptors (Lipinski definition) is 3. The van der Waals surface area contributed by atoms with Crippen molar-refractivity contribution in [2.75, 3.05) is 24.6 Å². The van der Waals surface area contributed by atoms with Crippen molar-refractivity contribution in [1.82, 2.24) is 5.32 Å². The van der Waals surface area contributed by atoms with E-state index >= 15 is 0 Å². The van der Waals surface area contributed by atoms with Gasteiger partial charge in [-0.3, -0.25) is 4.79 Å². The maximum absolute atomic E-state index is 12.1. The van der Waals surface area contributed by atoms with Crippen molar-refractivity contribution in [2.45, 2.75) is 39.2 Å². The zero-order valence-electron chi connectivity index (χ0n) is 12.9. The van der Waals surface area contributed by atoms with E-state index in [1.807, 2.05) is 24.8 Å². The van der Waals surface area contributed by atoms with Gasteiger partial charge in [0.05, 0.1) is 5.69 Å². The summed E-state index contributed by atoms with van der Waals surface area (Å²) in [6.45, 7) is 6.49. The van der Waals surface area contributed by atoms with Crippen LogP contribution >= 0.6 is 0 Å². The Morgan fingerprint density at radius 3 is 2.81 bits per heavy atom. The molecule has 1 amide bonds. The van der Waals surface area contributed by atoms with Crippen LogP contribution in [0.25, 0.3) is 0 Å². The number of rotatable bonds is 3. The van der Waals surface area contributed by atoms with Crippen molar-refractivity contribution >= 4 is 11.6 Å². The molecule has 0 atom stereocenters. The molecule has 114 valence electrons. The lowest BCUT2D eigenvalue weighted by Crippen LogP contribution is -2.43. The minimum atomic E-state index is 0.0523. The maximum atomic E-state index is 12.1. The van der Waals surface area contributed by atoms with E-state index in [9.17, 15) is 4.79 Å². The number of benzene rings is 1. The topological polar surface area (TPSA) is 41.6 Å². The average molecular weight is 288 g/mol. The first-order chi connectivity index (χ1) is 10.1. The maximum Gasteiger partial charge on any atom is 0.265 e. The van der Waals surface area contributed by atoms with Gasteiger partial charge in [0, 0.05) is 6.04 Å². The Bertz CT molecular complexity index is 522. The summed E-state index contributed by atoms with van der Waals surface area (Å²) in [6, 6.07) is 6.48. The van der Waals surface area contributed by atoms with Gasteiger partial charge in [-0.2, -0.15) is 0 Å². The summed E-state index contributed by atoms with van der Waals surface area (Å²) in [4.78, 5) is 14.0. The standard InChI is InChI=1S/C17H24N2O2/c1-12(2)19-15-10-14(9-13-5-7-18-8-6-13)3-4-16(15)21-11-17(19)20/h3-4,10,12-13,18H,5-9,11H2,1-2H3. The zero-order valence-corrected chi connectivity index (χ0v) is 12.9. The van der Waals surface area contributed by atoms with E-state index in [1.165, 1.54) is 18.4 Å². The number of nitrogens with zero attached hydrogens (tertiary/aromatic N) is 1. The molecule has 1 fully saturated rings. The number of amides is 1. The summed E-state index contributed by atoms with van der Waals surface area (Å²) in [6.07, 6.45) is 3.57. The van der Waals surface area contributed by atoms with Crippen molar-refractivity contribution in [1.29, 1.82) is 0 Å². The van der Waals surface area contributed by atoms with Gasteiger partial charge in [-0.1, -0.05) is 6.07 Å². The molecule has 21 heavy (non-hydrogen) atoms. The summed E-state index contributed by atoms with van der Waals surface area (Å²) in [5, 5.41) is 3.41. The van der Waals surface area contributed by atoms with Gasteiger partial charge in [-0.15, -0.1) is 0 Å². The van der Waals surface area contributed by atoms with Crippen LogP contribution in [-0.4, -0.2) is 31.6 Å². The van der Waals surface area contributed by atoms with Crippen LogP contribution in [0.15, 0.2) is 18.2 Å². The summed E-state index contributed by atoms with van der Waals surface area (Å²) >= 11 is 0. The zero-order chi connectivity index (χ0) is 14.8. The van der Waals surface area contributed by atoms with Gasteiger partial charge >= 0.3 is 0 Å². The highest BCUT2D eigenvalue weighted by molar-refractivity contribution is 5.98. The molecule has 2 heterocycles. The van der Waals surface area contributed by atoms with E-state index in [0.29, 0.717) is 0 Å². The molecule has 0 saturated carbocycles. The van der Waals surface area contributed by atoms with E-state index < -0.39 is 0 Å². The van der Waals surface area contributed by atoms with Crippen LogP contribution in [0.5, 0.6) is 5.75 Å². The minimum absolute atomic E-state index is 0.0523. The minimum Gasteiger partial charge on any atom is -0.482 e. The molecule has 0 aromatic heterocycles. The van der Waals surface area contributed by atoms with Crippen molar-refractivity contribution in [3.8, 4) is 5.75 Å². The Morgan fingerprint density at radius 2 is 2.10 bits per heavy atom. The molecule has 0 radical (unpaired) electrons. The van der Waals surface area contributed by atoms with E-state index in [-0.39, 0.29) is 18.6 Å². The van der Waals surface area contributed by atoms with Gasteiger partial charge in [0.15, 0.2) is 6.61 Å². The predicted molar refractivity (Wildman–Crippen MR) is 83.9 cm³/mol. The molecule has 3 rings (SSSR count). The molecule has 1 N–H and O–H groups in total. The van der Waals surface area contributed by atoms with Crippen molar-refractivity contribution in [2.24, 2.45) is 5.92 Å². The van der Waals surface area contributed by atoms with Crippen molar-refractivity contribution < 1.29 is 9.53 Å². The number of piperidine rings is 1. The molecular weight excluding hydrogens is 264 g/mol. The van der Waals surface area contributed by atoms with E-state index in [1.54, 1.807) is 0 Å². The summed E-state index contributed by atoms with van der Waals surface area (Å²) in [5.74, 6) is 1.63. The van der Waals surface area contributed by atoms with E-state index in [4.69, 9.17) is 4.74 Å². The number of anilines is 1. The van der Waals surface area contributed by atoms with Crippen LogP contribution in [0.3, 0.4) is 0 Å². The fraction of sp³-hybridized carbons (Fsp3) is 0.588. The van der Waals surface area contributed by atoms with Gasteiger partial charge in [0.25, 0.3) is 5.91 Å². The highest BCUT2D eigenvalue weighted by Crippen LogP contribution is 2.35. The molecule has 1 aromatic carbocycles. The average Bonchev–Trinajstić information content (AvgIpc) is 2.47. The lowest BCUT2D eigenvalue weighted by atomic mass is 9.90.